The summed E-state index contributed by atoms with van der Waals surface area (Å²) in [5.74, 6) is 1.87. The third-order valence-corrected chi connectivity index (χ3v) is 6.20. The molecule has 0 spiro atoms. The standard InChI is InChI=1S/C17H33NO2S/c1-3-21-16-9-8-14(10-16)18-11-15(19)12-20-17-7-5-4-6-13(17)2/h13-19H,3-12H2,1-2H3. The summed E-state index contributed by atoms with van der Waals surface area (Å²) in [7, 11) is 0. The molecule has 0 saturated heterocycles. The van der Waals surface area contributed by atoms with E-state index in [1.807, 2.05) is 0 Å². The van der Waals surface area contributed by atoms with Crippen LogP contribution in [0, 0.1) is 5.92 Å². The van der Waals surface area contributed by atoms with E-state index in [0.717, 1.165) is 5.25 Å². The van der Waals surface area contributed by atoms with E-state index >= 15 is 0 Å². The Kier molecular flexibility index (Phi) is 7.86. The molecule has 0 bridgehead atoms. The van der Waals surface area contributed by atoms with Crippen LogP contribution in [0.1, 0.15) is 58.8 Å². The lowest BCUT2D eigenvalue weighted by molar-refractivity contribution is -0.0455. The first-order valence-corrected chi connectivity index (χ1v) is 9.88. The van der Waals surface area contributed by atoms with Crippen molar-refractivity contribution in [3.8, 4) is 0 Å². The number of aliphatic hydroxyl groups excluding tert-OH is 1. The van der Waals surface area contributed by atoms with Gasteiger partial charge in [-0.15, -0.1) is 0 Å². The van der Waals surface area contributed by atoms with Crippen molar-refractivity contribution in [3.63, 3.8) is 0 Å². The molecule has 2 fully saturated rings. The minimum absolute atomic E-state index is 0.364. The van der Waals surface area contributed by atoms with Crippen molar-refractivity contribution in [2.45, 2.75) is 82.3 Å². The summed E-state index contributed by atoms with van der Waals surface area (Å²) in [6, 6.07) is 0.595. The van der Waals surface area contributed by atoms with Crippen molar-refractivity contribution >= 4 is 11.8 Å². The van der Waals surface area contributed by atoms with E-state index in [0.29, 0.717) is 31.2 Å². The Bertz CT molecular complexity index is 290. The Morgan fingerprint density at radius 2 is 2.05 bits per heavy atom. The quantitative estimate of drug-likeness (QED) is 0.722. The number of hydrogen-bond acceptors (Lipinski definition) is 4. The van der Waals surface area contributed by atoms with Gasteiger partial charge in [0.2, 0.25) is 0 Å². The van der Waals surface area contributed by atoms with E-state index in [1.165, 1.54) is 50.7 Å². The number of thioether (sulfide) groups is 1. The molecule has 0 amide bonds. The highest BCUT2D eigenvalue weighted by Crippen LogP contribution is 2.29. The van der Waals surface area contributed by atoms with Crippen molar-refractivity contribution in [3.05, 3.63) is 0 Å². The summed E-state index contributed by atoms with van der Waals surface area (Å²) in [6.07, 6.45) is 8.89. The predicted molar refractivity (Wildman–Crippen MR) is 90.9 cm³/mol. The van der Waals surface area contributed by atoms with Gasteiger partial charge in [-0.3, -0.25) is 0 Å². The van der Waals surface area contributed by atoms with Crippen LogP contribution in [0.15, 0.2) is 0 Å². The molecule has 2 aliphatic carbocycles. The molecule has 0 aromatic heterocycles. The van der Waals surface area contributed by atoms with Gasteiger partial charge in [0.05, 0.1) is 18.8 Å². The van der Waals surface area contributed by atoms with E-state index in [-0.39, 0.29) is 6.10 Å². The molecule has 5 atom stereocenters. The highest BCUT2D eigenvalue weighted by atomic mass is 32.2. The fourth-order valence-corrected chi connectivity index (χ4v) is 4.78. The number of nitrogens with one attached hydrogen (secondary N) is 1. The van der Waals surface area contributed by atoms with Crippen LogP contribution in [0.25, 0.3) is 0 Å². The molecule has 21 heavy (non-hydrogen) atoms. The second-order valence-corrected chi connectivity index (χ2v) is 8.36. The Morgan fingerprint density at radius 1 is 1.24 bits per heavy atom. The maximum atomic E-state index is 10.1. The van der Waals surface area contributed by atoms with Crippen LogP contribution < -0.4 is 5.32 Å². The number of hydrogen-bond donors (Lipinski definition) is 2. The zero-order valence-corrected chi connectivity index (χ0v) is 14.5. The Morgan fingerprint density at radius 3 is 2.81 bits per heavy atom. The lowest BCUT2D eigenvalue weighted by Gasteiger charge is -2.29. The van der Waals surface area contributed by atoms with Gasteiger partial charge in [0, 0.05) is 17.8 Å². The summed E-state index contributed by atoms with van der Waals surface area (Å²) < 4.78 is 5.94. The maximum absolute atomic E-state index is 10.1. The Balaban J connectivity index is 1.56. The van der Waals surface area contributed by atoms with E-state index in [4.69, 9.17) is 4.74 Å². The zero-order valence-electron chi connectivity index (χ0n) is 13.7. The van der Waals surface area contributed by atoms with Gasteiger partial charge in [-0.05, 0) is 43.8 Å². The van der Waals surface area contributed by atoms with Gasteiger partial charge in [0.1, 0.15) is 0 Å². The third-order valence-electron chi connectivity index (χ3n) is 4.96. The summed E-state index contributed by atoms with van der Waals surface area (Å²) in [6.45, 7) is 5.68. The van der Waals surface area contributed by atoms with Crippen LogP contribution in [-0.4, -0.2) is 47.5 Å². The van der Waals surface area contributed by atoms with E-state index in [2.05, 4.69) is 30.9 Å². The molecule has 0 heterocycles. The monoisotopic (exact) mass is 315 g/mol. The summed E-state index contributed by atoms with van der Waals surface area (Å²) in [5, 5.41) is 14.5. The van der Waals surface area contributed by atoms with Crippen LogP contribution >= 0.6 is 11.8 Å². The fraction of sp³-hybridized carbons (Fsp3) is 1.00. The average Bonchev–Trinajstić information content (AvgIpc) is 2.92. The first-order valence-electron chi connectivity index (χ1n) is 8.83. The smallest absolute Gasteiger partial charge is 0.0897 e. The van der Waals surface area contributed by atoms with Crippen LogP contribution in [0.5, 0.6) is 0 Å². The van der Waals surface area contributed by atoms with Crippen LogP contribution in [-0.2, 0) is 4.74 Å². The van der Waals surface area contributed by atoms with Crippen molar-refractivity contribution in [1.29, 1.82) is 0 Å². The lowest BCUT2D eigenvalue weighted by Crippen LogP contribution is -2.38. The van der Waals surface area contributed by atoms with Crippen molar-refractivity contribution in [2.75, 3.05) is 18.9 Å². The zero-order chi connectivity index (χ0) is 15.1. The lowest BCUT2D eigenvalue weighted by atomic mass is 9.88. The molecule has 5 unspecified atom stereocenters. The molecule has 2 rings (SSSR count). The Labute approximate surface area is 134 Å². The van der Waals surface area contributed by atoms with Gasteiger partial charge in [0.15, 0.2) is 0 Å². The van der Waals surface area contributed by atoms with Crippen molar-refractivity contribution < 1.29 is 9.84 Å². The number of rotatable bonds is 8. The number of aliphatic hydroxyl groups is 1. The first-order chi connectivity index (χ1) is 10.2. The van der Waals surface area contributed by atoms with Gasteiger partial charge in [-0.1, -0.05) is 26.7 Å². The minimum Gasteiger partial charge on any atom is -0.389 e. The molecular weight excluding hydrogens is 282 g/mol. The molecule has 3 nitrogen and oxygen atoms in total. The Hall–Kier alpha value is 0.230. The maximum Gasteiger partial charge on any atom is 0.0897 e. The average molecular weight is 316 g/mol. The van der Waals surface area contributed by atoms with E-state index in [1.54, 1.807) is 0 Å². The normalized spacial score (nSPS) is 35.0. The van der Waals surface area contributed by atoms with Gasteiger partial charge >= 0.3 is 0 Å². The second kappa shape index (κ2) is 9.39. The predicted octanol–water partition coefficient (Wildman–Crippen LogP) is 3.21. The highest BCUT2D eigenvalue weighted by molar-refractivity contribution is 7.99. The summed E-state index contributed by atoms with van der Waals surface area (Å²) in [5.41, 5.74) is 0. The first kappa shape index (κ1) is 17.6. The van der Waals surface area contributed by atoms with Gasteiger partial charge < -0.3 is 15.2 Å². The molecule has 124 valence electrons. The largest absolute Gasteiger partial charge is 0.389 e. The van der Waals surface area contributed by atoms with E-state index in [9.17, 15) is 5.11 Å². The van der Waals surface area contributed by atoms with Gasteiger partial charge in [-0.25, -0.2) is 0 Å². The topological polar surface area (TPSA) is 41.5 Å². The van der Waals surface area contributed by atoms with E-state index < -0.39 is 0 Å². The minimum atomic E-state index is -0.364. The molecule has 0 radical (unpaired) electrons. The third kappa shape index (κ3) is 6.09. The molecule has 0 aromatic carbocycles. The van der Waals surface area contributed by atoms with Gasteiger partial charge in [-0.2, -0.15) is 11.8 Å². The molecule has 0 aliphatic heterocycles. The summed E-state index contributed by atoms with van der Waals surface area (Å²) in [4.78, 5) is 0. The number of ether oxygens (including phenoxy) is 1. The molecule has 0 aromatic rings. The molecule has 2 saturated carbocycles. The molecule has 4 heteroatoms. The van der Waals surface area contributed by atoms with Crippen LogP contribution in [0.4, 0.5) is 0 Å². The van der Waals surface area contributed by atoms with Crippen LogP contribution in [0.2, 0.25) is 0 Å². The molecular formula is C17H33NO2S. The fourth-order valence-electron chi connectivity index (χ4n) is 3.64. The molecule has 2 N–H and O–H groups in total. The van der Waals surface area contributed by atoms with Gasteiger partial charge in [0.25, 0.3) is 0 Å². The van der Waals surface area contributed by atoms with Crippen molar-refractivity contribution in [1.82, 2.24) is 5.32 Å². The molecule has 2 aliphatic rings. The SMILES string of the molecule is CCSC1CCC(NCC(O)COC2CCCCC2C)C1. The highest BCUT2D eigenvalue weighted by Gasteiger charge is 2.25. The van der Waals surface area contributed by atoms with Crippen molar-refractivity contribution in [2.24, 2.45) is 5.92 Å². The second-order valence-electron chi connectivity index (χ2n) is 6.78. The summed E-state index contributed by atoms with van der Waals surface area (Å²) >= 11 is 2.08. The van der Waals surface area contributed by atoms with Crippen LogP contribution in [0.3, 0.4) is 0 Å².